The molecule has 1 rings (SSSR count). The zero-order chi connectivity index (χ0) is 19.7. The number of rotatable bonds is 4. The van der Waals surface area contributed by atoms with E-state index in [1.165, 1.54) is 0 Å². The maximum absolute atomic E-state index is 6.14. The molecule has 5 nitrogen and oxygen atoms in total. The van der Waals surface area contributed by atoms with Crippen LogP contribution in [0.1, 0.15) is 33.1 Å². The second-order valence-electron chi connectivity index (χ2n) is 6.63. The van der Waals surface area contributed by atoms with Crippen molar-refractivity contribution in [2.75, 3.05) is 65.8 Å². The quantitative estimate of drug-likeness (QED) is 0.571. The summed E-state index contributed by atoms with van der Waals surface area (Å²) in [5.74, 6) is 0.944. The Bertz CT molecular complexity index is 455. The van der Waals surface area contributed by atoms with Gasteiger partial charge in [-0.2, -0.15) is 0 Å². The molecule has 0 spiro atoms. The molecule has 0 aromatic carbocycles. The molecule has 6 heteroatoms. The minimum atomic E-state index is 0. The summed E-state index contributed by atoms with van der Waals surface area (Å²) in [5.41, 5.74) is 1.16. The van der Waals surface area contributed by atoms with Gasteiger partial charge in [0.25, 0.3) is 0 Å². The summed E-state index contributed by atoms with van der Waals surface area (Å²) >= 11 is 0. The van der Waals surface area contributed by atoms with E-state index in [0.717, 1.165) is 69.9 Å². The van der Waals surface area contributed by atoms with Crippen LogP contribution in [0.2, 0.25) is 0 Å². The third-order valence-electron chi connectivity index (χ3n) is 4.58. The molecule has 0 aromatic rings. The van der Waals surface area contributed by atoms with Gasteiger partial charge in [0.2, 0.25) is 0 Å². The predicted octanol–water partition coefficient (Wildman–Crippen LogP) is 0.656. The van der Waals surface area contributed by atoms with Gasteiger partial charge in [0, 0.05) is 13.1 Å². The summed E-state index contributed by atoms with van der Waals surface area (Å²) in [7, 11) is 4.10. The van der Waals surface area contributed by atoms with E-state index in [4.69, 9.17) is 14.2 Å². The Morgan fingerprint density at radius 1 is 1.00 bits per heavy atom. The van der Waals surface area contributed by atoms with Crippen LogP contribution in [0.25, 0.3) is 0 Å². The van der Waals surface area contributed by atoms with Crippen molar-refractivity contribution in [3.8, 4) is 0 Å². The van der Waals surface area contributed by atoms with Crippen LogP contribution in [0.3, 0.4) is 0 Å². The van der Waals surface area contributed by atoms with Crippen LogP contribution in [0.4, 0.5) is 0 Å². The molecular weight excluding hydrogens is 426 g/mol. The van der Waals surface area contributed by atoms with Gasteiger partial charge in [-0.05, 0) is 50.5 Å². The van der Waals surface area contributed by atoms with Gasteiger partial charge >= 0.3 is 58.2 Å². The van der Waals surface area contributed by atoms with Gasteiger partial charge in [-0.15, -0.1) is 0 Å². The number of nitrogens with zero attached hydrogens (tertiary/aromatic N) is 2. The number of ether oxygens (including phenoxy) is 3. The third-order valence-corrected chi connectivity index (χ3v) is 4.58. The normalized spacial score (nSPS) is 23.4. The average Bonchev–Trinajstić information content (AvgIpc) is 2.68. The van der Waals surface area contributed by atoms with Gasteiger partial charge < -0.3 is 19.1 Å². The smallest absolute Gasteiger partial charge is 0.492 e. The van der Waals surface area contributed by atoms with Crippen LogP contribution >= 0.6 is 0 Å². The van der Waals surface area contributed by atoms with Crippen LogP contribution in [0, 0.1) is 7.05 Å². The minimum absolute atomic E-state index is 0. The SMILES string of the molecule is C=C/C1=C(\C=C/CC)OCCN(CC)CCOCCOCCN([CH2-])CCC1.[Rb+]. The molecule has 1 heterocycles. The number of likely N-dealkylation sites (N-methyl/N-ethyl adjacent to an activating group) is 1. The second kappa shape index (κ2) is 19.6. The predicted molar refractivity (Wildman–Crippen MR) is 113 cm³/mol. The third kappa shape index (κ3) is 13.8. The maximum atomic E-state index is 6.14. The summed E-state index contributed by atoms with van der Waals surface area (Å²) in [6, 6.07) is 0. The molecule has 156 valence electrons. The Kier molecular flexibility index (Phi) is 20.1. The van der Waals surface area contributed by atoms with E-state index >= 15 is 0 Å². The van der Waals surface area contributed by atoms with Crippen molar-refractivity contribution in [1.82, 2.24) is 9.80 Å². The van der Waals surface area contributed by atoms with E-state index in [1.807, 2.05) is 6.08 Å². The molecule has 0 N–H and O–H groups in total. The van der Waals surface area contributed by atoms with E-state index in [-0.39, 0.29) is 58.2 Å². The van der Waals surface area contributed by atoms with Crippen molar-refractivity contribution < 1.29 is 72.4 Å². The molecule has 0 amide bonds. The number of hydrogen-bond donors (Lipinski definition) is 0. The molecule has 0 aromatic heterocycles. The van der Waals surface area contributed by atoms with E-state index in [9.17, 15) is 0 Å². The van der Waals surface area contributed by atoms with Crippen molar-refractivity contribution in [2.24, 2.45) is 0 Å². The summed E-state index contributed by atoms with van der Waals surface area (Å²) in [6.07, 6.45) is 9.09. The van der Waals surface area contributed by atoms with Crippen molar-refractivity contribution >= 4 is 0 Å². The van der Waals surface area contributed by atoms with Crippen molar-refractivity contribution in [1.29, 1.82) is 0 Å². The Hall–Kier alpha value is 0.665. The molecule has 0 saturated heterocycles. The maximum Gasteiger partial charge on any atom is 1.00 e. The zero-order valence-corrected chi connectivity index (χ0v) is 23.4. The monoisotopic (exact) mass is 464 g/mol. The molecule has 0 radical (unpaired) electrons. The number of allylic oxidation sites excluding steroid dienone is 4. The zero-order valence-electron chi connectivity index (χ0n) is 18.5. The summed E-state index contributed by atoms with van der Waals surface area (Å²) in [5, 5.41) is 0. The molecule has 0 unspecified atom stereocenters. The fraction of sp³-hybridized carbons (Fsp3) is 0.682. The first-order valence-corrected chi connectivity index (χ1v) is 10.3. The number of hydrogen-bond acceptors (Lipinski definition) is 5. The van der Waals surface area contributed by atoms with Crippen LogP contribution in [0.15, 0.2) is 36.1 Å². The van der Waals surface area contributed by atoms with Crippen LogP contribution in [0.5, 0.6) is 0 Å². The molecule has 0 atom stereocenters. The Labute approximate surface area is 221 Å². The summed E-state index contributed by atoms with van der Waals surface area (Å²) in [6.45, 7) is 16.2. The topological polar surface area (TPSA) is 34.2 Å². The molecular formula is C22H39N2O3Rb. The molecule has 28 heavy (non-hydrogen) atoms. The molecule has 1 aliphatic heterocycles. The average molecular weight is 465 g/mol. The van der Waals surface area contributed by atoms with Gasteiger partial charge in [0.15, 0.2) is 0 Å². The minimum Gasteiger partial charge on any atom is -0.492 e. The van der Waals surface area contributed by atoms with Crippen molar-refractivity contribution in [3.05, 3.63) is 43.2 Å². The molecule has 0 bridgehead atoms. The van der Waals surface area contributed by atoms with Crippen LogP contribution < -0.4 is 58.2 Å². The fourth-order valence-corrected chi connectivity index (χ4v) is 2.83. The van der Waals surface area contributed by atoms with Crippen molar-refractivity contribution in [2.45, 2.75) is 33.1 Å². The first-order valence-electron chi connectivity index (χ1n) is 10.3. The Morgan fingerprint density at radius 3 is 2.32 bits per heavy atom. The van der Waals surface area contributed by atoms with Crippen molar-refractivity contribution in [3.63, 3.8) is 0 Å². The largest absolute Gasteiger partial charge is 1.00 e. The van der Waals surface area contributed by atoms with Gasteiger partial charge in [-0.3, -0.25) is 11.9 Å². The first kappa shape index (κ1) is 28.7. The van der Waals surface area contributed by atoms with Gasteiger partial charge in [-0.25, -0.2) is 0 Å². The Morgan fingerprint density at radius 2 is 1.68 bits per heavy atom. The standard InChI is InChI=1S/C22H39N2O3.Rb/c1-5-8-11-22-21(6-2)10-9-12-23(4)13-16-25-19-20-26-17-14-24(7-3)15-18-27-22;/h6,8,11H,2,4-5,7,9-10,12-20H2,1,3H3;/q-1;+1/b11-8-,22-21-;. The summed E-state index contributed by atoms with van der Waals surface area (Å²) in [4.78, 5) is 4.41. The summed E-state index contributed by atoms with van der Waals surface area (Å²) < 4.78 is 17.4. The van der Waals surface area contributed by atoms with Gasteiger partial charge in [0.05, 0.1) is 26.4 Å². The Balaban J connectivity index is 0.00000729. The first-order chi connectivity index (χ1) is 13.2. The van der Waals surface area contributed by atoms with Crippen LogP contribution in [-0.2, 0) is 14.2 Å². The molecule has 1 aliphatic rings. The molecule has 0 saturated carbocycles. The van der Waals surface area contributed by atoms with E-state index in [1.54, 1.807) is 0 Å². The fourth-order valence-electron chi connectivity index (χ4n) is 2.83. The van der Waals surface area contributed by atoms with Gasteiger partial charge in [0.1, 0.15) is 12.4 Å². The van der Waals surface area contributed by atoms with Gasteiger partial charge in [-0.1, -0.05) is 32.6 Å². The second-order valence-corrected chi connectivity index (χ2v) is 6.63. The molecule has 0 fully saturated rings. The molecule has 0 aliphatic carbocycles. The van der Waals surface area contributed by atoms with E-state index in [0.29, 0.717) is 26.4 Å². The van der Waals surface area contributed by atoms with E-state index < -0.39 is 0 Å². The van der Waals surface area contributed by atoms with E-state index in [2.05, 4.69) is 49.4 Å². The van der Waals surface area contributed by atoms with Crippen LogP contribution in [-0.4, -0.2) is 75.6 Å².